The van der Waals surface area contributed by atoms with Gasteiger partial charge in [0, 0.05) is 12.1 Å². The van der Waals surface area contributed by atoms with E-state index in [1.165, 1.54) is 12.1 Å². The molecule has 0 bridgehead atoms. The lowest BCUT2D eigenvalue weighted by molar-refractivity contribution is 0.414. The molecule has 0 spiro atoms. The fourth-order valence-corrected chi connectivity index (χ4v) is 2.19. The molecule has 2 aromatic carbocycles. The summed E-state index contributed by atoms with van der Waals surface area (Å²) < 4.78 is 31.5. The van der Waals surface area contributed by atoms with Crippen molar-refractivity contribution in [1.29, 1.82) is 0 Å². The third-order valence-corrected chi connectivity index (χ3v) is 3.23. The van der Waals surface area contributed by atoms with E-state index < -0.39 is 11.6 Å². The molecule has 20 heavy (non-hydrogen) atoms. The minimum absolute atomic E-state index is 0.0119. The maximum absolute atomic E-state index is 13.2. The maximum atomic E-state index is 13.2. The molecule has 2 rings (SSSR count). The van der Waals surface area contributed by atoms with Crippen LogP contribution in [0.5, 0.6) is 5.75 Å². The summed E-state index contributed by atoms with van der Waals surface area (Å²) in [7, 11) is 3.44. The molecular weight excluding hydrogens is 260 g/mol. The Labute approximate surface area is 117 Å². The van der Waals surface area contributed by atoms with Gasteiger partial charge in [-0.3, -0.25) is 0 Å². The van der Waals surface area contributed by atoms with Crippen LogP contribution >= 0.6 is 0 Å². The summed E-state index contributed by atoms with van der Waals surface area (Å²) in [4.78, 5) is 0. The number of methoxy groups -OCH3 is 1. The molecule has 1 atom stereocenters. The van der Waals surface area contributed by atoms with E-state index >= 15 is 0 Å². The van der Waals surface area contributed by atoms with Gasteiger partial charge in [0.25, 0.3) is 0 Å². The van der Waals surface area contributed by atoms with Gasteiger partial charge < -0.3 is 10.1 Å². The summed E-state index contributed by atoms with van der Waals surface area (Å²) in [6, 6.07) is 11.2. The van der Waals surface area contributed by atoms with Crippen LogP contribution in [0.25, 0.3) is 0 Å². The smallest absolute Gasteiger partial charge is 0.126 e. The minimum Gasteiger partial charge on any atom is -0.497 e. The number of hydrogen-bond acceptors (Lipinski definition) is 2. The predicted octanol–water partition coefficient (Wildman–Crippen LogP) is 3.48. The fourth-order valence-electron chi connectivity index (χ4n) is 2.19. The van der Waals surface area contributed by atoms with Gasteiger partial charge >= 0.3 is 0 Å². The number of benzene rings is 2. The topological polar surface area (TPSA) is 21.3 Å². The number of rotatable bonds is 5. The van der Waals surface area contributed by atoms with Crippen molar-refractivity contribution in [1.82, 2.24) is 5.32 Å². The first-order chi connectivity index (χ1) is 9.62. The van der Waals surface area contributed by atoms with Crippen LogP contribution < -0.4 is 10.1 Å². The van der Waals surface area contributed by atoms with E-state index in [1.807, 2.05) is 31.3 Å². The van der Waals surface area contributed by atoms with Crippen molar-refractivity contribution in [2.45, 2.75) is 12.5 Å². The summed E-state index contributed by atoms with van der Waals surface area (Å²) in [5.41, 5.74) is 1.66. The molecular formula is C16H17F2NO. The van der Waals surface area contributed by atoms with E-state index in [-0.39, 0.29) is 6.04 Å². The summed E-state index contributed by atoms with van der Waals surface area (Å²) >= 11 is 0. The van der Waals surface area contributed by atoms with E-state index in [0.29, 0.717) is 12.0 Å². The van der Waals surface area contributed by atoms with Crippen molar-refractivity contribution < 1.29 is 13.5 Å². The van der Waals surface area contributed by atoms with E-state index in [1.54, 1.807) is 7.11 Å². The van der Waals surface area contributed by atoms with Crippen molar-refractivity contribution in [3.8, 4) is 5.75 Å². The summed E-state index contributed by atoms with van der Waals surface area (Å²) in [6.07, 6.45) is 0.511. The summed E-state index contributed by atoms with van der Waals surface area (Å²) in [5, 5.41) is 3.16. The highest BCUT2D eigenvalue weighted by Gasteiger charge is 2.11. The molecule has 0 heterocycles. The van der Waals surface area contributed by atoms with Crippen LogP contribution in [0.4, 0.5) is 8.78 Å². The van der Waals surface area contributed by atoms with Crippen molar-refractivity contribution >= 4 is 0 Å². The number of ether oxygens (including phenoxy) is 1. The molecule has 0 fully saturated rings. The van der Waals surface area contributed by atoms with Gasteiger partial charge in [-0.2, -0.15) is 0 Å². The van der Waals surface area contributed by atoms with Crippen LogP contribution in [0.3, 0.4) is 0 Å². The lowest BCUT2D eigenvalue weighted by Gasteiger charge is -2.17. The molecule has 0 aromatic heterocycles. The maximum Gasteiger partial charge on any atom is 0.126 e. The Balaban J connectivity index is 2.19. The molecule has 0 unspecified atom stereocenters. The Hall–Kier alpha value is -1.94. The van der Waals surface area contributed by atoms with Crippen molar-refractivity contribution in [3.63, 3.8) is 0 Å². The van der Waals surface area contributed by atoms with Crippen molar-refractivity contribution in [2.24, 2.45) is 0 Å². The molecule has 0 aliphatic rings. The van der Waals surface area contributed by atoms with Crippen LogP contribution in [0.15, 0.2) is 42.5 Å². The van der Waals surface area contributed by atoms with Gasteiger partial charge in [-0.1, -0.05) is 12.1 Å². The Morgan fingerprint density at radius 3 is 2.15 bits per heavy atom. The Morgan fingerprint density at radius 2 is 1.65 bits per heavy atom. The fraction of sp³-hybridized carbons (Fsp3) is 0.250. The molecule has 0 saturated heterocycles. The van der Waals surface area contributed by atoms with E-state index in [0.717, 1.165) is 17.4 Å². The normalized spacial score (nSPS) is 12.2. The van der Waals surface area contributed by atoms with Gasteiger partial charge in [0.15, 0.2) is 0 Å². The molecule has 1 N–H and O–H groups in total. The van der Waals surface area contributed by atoms with E-state index in [4.69, 9.17) is 4.74 Å². The highest BCUT2D eigenvalue weighted by Crippen LogP contribution is 2.22. The second kappa shape index (κ2) is 6.48. The molecule has 0 radical (unpaired) electrons. The molecule has 0 aliphatic carbocycles. The summed E-state index contributed by atoms with van der Waals surface area (Å²) in [6.45, 7) is 0. The zero-order valence-electron chi connectivity index (χ0n) is 11.5. The summed E-state index contributed by atoms with van der Waals surface area (Å²) in [5.74, 6) is -0.324. The van der Waals surface area contributed by atoms with Gasteiger partial charge in [-0.15, -0.1) is 0 Å². The zero-order chi connectivity index (χ0) is 14.5. The van der Waals surface area contributed by atoms with Crippen LogP contribution in [0.1, 0.15) is 17.2 Å². The van der Waals surface area contributed by atoms with Crippen LogP contribution in [0, 0.1) is 11.6 Å². The molecule has 0 saturated carbocycles. The largest absolute Gasteiger partial charge is 0.497 e. The lowest BCUT2D eigenvalue weighted by atomic mass is 9.99. The molecule has 0 aliphatic heterocycles. The van der Waals surface area contributed by atoms with Gasteiger partial charge in [0.05, 0.1) is 7.11 Å². The highest BCUT2D eigenvalue weighted by atomic mass is 19.1. The number of hydrogen-bond donors (Lipinski definition) is 1. The first kappa shape index (κ1) is 14.5. The van der Waals surface area contributed by atoms with E-state index in [9.17, 15) is 8.78 Å². The average molecular weight is 277 g/mol. The molecule has 4 heteroatoms. The SMILES string of the molecule is CN[C@@H](Cc1cc(F)cc(F)c1)c1ccc(OC)cc1. The van der Waals surface area contributed by atoms with Gasteiger partial charge in [-0.05, 0) is 48.9 Å². The van der Waals surface area contributed by atoms with E-state index in [2.05, 4.69) is 5.32 Å². The standard InChI is InChI=1S/C16H17F2NO/c1-19-16(12-3-5-15(20-2)6-4-12)9-11-7-13(17)10-14(18)8-11/h3-8,10,16,19H,9H2,1-2H3/t16-/m0/s1. The Kier molecular flexibility index (Phi) is 4.69. The second-order valence-corrected chi connectivity index (χ2v) is 4.60. The lowest BCUT2D eigenvalue weighted by Crippen LogP contribution is -2.19. The Morgan fingerprint density at radius 1 is 1.05 bits per heavy atom. The molecule has 106 valence electrons. The highest BCUT2D eigenvalue weighted by molar-refractivity contribution is 5.30. The van der Waals surface area contributed by atoms with Crippen molar-refractivity contribution in [3.05, 3.63) is 65.2 Å². The van der Waals surface area contributed by atoms with Gasteiger partial charge in [-0.25, -0.2) is 8.78 Å². The molecule has 2 aromatic rings. The molecule has 0 amide bonds. The monoisotopic (exact) mass is 277 g/mol. The Bertz CT molecular complexity index is 549. The number of halogens is 2. The predicted molar refractivity (Wildman–Crippen MR) is 74.9 cm³/mol. The first-order valence-corrected chi connectivity index (χ1v) is 6.38. The molecule has 2 nitrogen and oxygen atoms in total. The van der Waals surface area contributed by atoms with Crippen LogP contribution in [-0.4, -0.2) is 14.2 Å². The van der Waals surface area contributed by atoms with Gasteiger partial charge in [0.1, 0.15) is 17.4 Å². The van der Waals surface area contributed by atoms with Crippen LogP contribution in [0.2, 0.25) is 0 Å². The third-order valence-electron chi connectivity index (χ3n) is 3.23. The average Bonchev–Trinajstić information content (AvgIpc) is 2.44. The minimum atomic E-state index is -0.551. The number of nitrogens with one attached hydrogen (secondary N) is 1. The zero-order valence-corrected chi connectivity index (χ0v) is 11.5. The van der Waals surface area contributed by atoms with Crippen LogP contribution in [-0.2, 0) is 6.42 Å². The van der Waals surface area contributed by atoms with Gasteiger partial charge in [0.2, 0.25) is 0 Å². The first-order valence-electron chi connectivity index (χ1n) is 6.38. The van der Waals surface area contributed by atoms with Crippen molar-refractivity contribution in [2.75, 3.05) is 14.2 Å². The second-order valence-electron chi connectivity index (χ2n) is 4.60. The third kappa shape index (κ3) is 3.54. The number of likely N-dealkylation sites (N-methyl/N-ethyl adjacent to an activating group) is 1. The quantitative estimate of drug-likeness (QED) is 0.903.